The SMILES string of the molecule is Oc1c(I)cc(Oc2cc(I)c(O)c(I)c2)cc1I. The van der Waals surface area contributed by atoms with E-state index in [1.807, 2.05) is 0 Å². The second-order valence-electron chi connectivity index (χ2n) is 3.57. The lowest BCUT2D eigenvalue weighted by Gasteiger charge is -2.10. The standard InChI is InChI=1S/C12H6I4O3/c13-7-1-5(2-8(14)11(7)17)19-6-3-9(15)12(18)10(16)4-6/h1-4,17-18H. The van der Waals surface area contributed by atoms with Gasteiger partial charge in [0.15, 0.2) is 0 Å². The minimum Gasteiger partial charge on any atom is -0.506 e. The number of phenolic OH excluding ortho intramolecular Hbond substituents is 2. The third kappa shape index (κ3) is 3.90. The van der Waals surface area contributed by atoms with Crippen molar-refractivity contribution in [2.45, 2.75) is 0 Å². The van der Waals surface area contributed by atoms with Crippen LogP contribution < -0.4 is 4.74 Å². The topological polar surface area (TPSA) is 49.7 Å². The summed E-state index contributed by atoms with van der Waals surface area (Å²) < 4.78 is 8.72. The first-order valence-electron chi connectivity index (χ1n) is 4.92. The molecule has 0 amide bonds. The fourth-order valence-electron chi connectivity index (χ4n) is 1.34. The Kier molecular flexibility index (Phi) is 5.67. The van der Waals surface area contributed by atoms with Crippen molar-refractivity contribution in [3.8, 4) is 23.0 Å². The highest BCUT2D eigenvalue weighted by molar-refractivity contribution is 14.1. The number of benzene rings is 2. The molecule has 0 heterocycles. The Hall–Kier alpha value is 0.760. The summed E-state index contributed by atoms with van der Waals surface area (Å²) >= 11 is 8.24. The summed E-state index contributed by atoms with van der Waals surface area (Å²) in [5.41, 5.74) is 0. The predicted molar refractivity (Wildman–Crippen MR) is 107 cm³/mol. The van der Waals surface area contributed by atoms with Crippen molar-refractivity contribution >= 4 is 90.4 Å². The van der Waals surface area contributed by atoms with Gasteiger partial charge in [0.25, 0.3) is 0 Å². The van der Waals surface area contributed by atoms with Crippen molar-refractivity contribution in [3.63, 3.8) is 0 Å². The smallest absolute Gasteiger partial charge is 0.142 e. The van der Waals surface area contributed by atoms with E-state index >= 15 is 0 Å². The Labute approximate surface area is 164 Å². The molecule has 0 aliphatic heterocycles. The normalized spacial score (nSPS) is 10.5. The van der Waals surface area contributed by atoms with Gasteiger partial charge in [-0.05, 0) is 115 Å². The molecule has 2 N–H and O–H groups in total. The van der Waals surface area contributed by atoms with Crippen molar-refractivity contribution in [1.82, 2.24) is 0 Å². The lowest BCUT2D eigenvalue weighted by molar-refractivity contribution is 0.451. The summed E-state index contributed by atoms with van der Waals surface area (Å²) in [4.78, 5) is 0. The number of halogens is 4. The van der Waals surface area contributed by atoms with E-state index in [1.165, 1.54) is 0 Å². The van der Waals surface area contributed by atoms with E-state index in [0.29, 0.717) is 11.5 Å². The summed E-state index contributed by atoms with van der Waals surface area (Å²) in [5, 5.41) is 19.4. The van der Waals surface area contributed by atoms with Crippen LogP contribution in [0.5, 0.6) is 23.0 Å². The molecule has 0 saturated carbocycles. The van der Waals surface area contributed by atoms with Crippen LogP contribution in [-0.4, -0.2) is 10.2 Å². The highest BCUT2D eigenvalue weighted by Crippen LogP contribution is 2.35. The van der Waals surface area contributed by atoms with Gasteiger partial charge in [-0.2, -0.15) is 0 Å². The Balaban J connectivity index is 2.36. The molecule has 0 aliphatic carbocycles. The van der Waals surface area contributed by atoms with Gasteiger partial charge in [0, 0.05) is 0 Å². The zero-order chi connectivity index (χ0) is 14.2. The van der Waals surface area contributed by atoms with Crippen molar-refractivity contribution in [2.75, 3.05) is 0 Å². The lowest BCUT2D eigenvalue weighted by Crippen LogP contribution is -1.90. The predicted octanol–water partition coefficient (Wildman–Crippen LogP) is 5.31. The van der Waals surface area contributed by atoms with Crippen LogP contribution in [0.1, 0.15) is 0 Å². The number of aromatic hydroxyl groups is 2. The quantitative estimate of drug-likeness (QED) is 0.417. The molecular weight excluding hydrogens is 700 g/mol. The van der Waals surface area contributed by atoms with Crippen molar-refractivity contribution < 1.29 is 14.9 Å². The molecule has 3 nitrogen and oxygen atoms in total. The molecular formula is C12H6I4O3. The zero-order valence-electron chi connectivity index (χ0n) is 9.12. The van der Waals surface area contributed by atoms with Crippen LogP contribution in [-0.2, 0) is 0 Å². The maximum Gasteiger partial charge on any atom is 0.142 e. The first kappa shape index (κ1) is 16.1. The summed E-state index contributed by atoms with van der Waals surface area (Å²) in [6, 6.07) is 7.07. The fraction of sp³-hybridized carbons (Fsp3) is 0. The first-order valence-corrected chi connectivity index (χ1v) is 9.24. The van der Waals surface area contributed by atoms with Gasteiger partial charge >= 0.3 is 0 Å². The molecule has 2 aromatic carbocycles. The van der Waals surface area contributed by atoms with Crippen LogP contribution in [0.4, 0.5) is 0 Å². The molecule has 0 aromatic heterocycles. The van der Waals surface area contributed by atoms with Crippen molar-refractivity contribution in [1.29, 1.82) is 0 Å². The van der Waals surface area contributed by atoms with E-state index in [4.69, 9.17) is 4.74 Å². The van der Waals surface area contributed by atoms with E-state index in [0.717, 1.165) is 14.3 Å². The second-order valence-corrected chi connectivity index (χ2v) is 8.22. The number of hydrogen-bond donors (Lipinski definition) is 2. The Morgan fingerprint density at radius 3 is 1.16 bits per heavy atom. The molecule has 100 valence electrons. The van der Waals surface area contributed by atoms with Gasteiger partial charge in [0.1, 0.15) is 23.0 Å². The van der Waals surface area contributed by atoms with E-state index in [1.54, 1.807) is 24.3 Å². The number of hydrogen-bond acceptors (Lipinski definition) is 3. The van der Waals surface area contributed by atoms with Crippen LogP contribution >= 0.6 is 90.4 Å². The highest BCUT2D eigenvalue weighted by atomic mass is 127. The molecule has 7 heteroatoms. The van der Waals surface area contributed by atoms with E-state index in [2.05, 4.69) is 90.4 Å². The van der Waals surface area contributed by atoms with Crippen LogP contribution in [0.15, 0.2) is 24.3 Å². The molecule has 2 rings (SSSR count). The minimum absolute atomic E-state index is 0.267. The first-order chi connectivity index (χ1) is 8.88. The average Bonchev–Trinajstić information content (AvgIpc) is 2.33. The molecule has 2 aromatic rings. The third-order valence-corrected chi connectivity index (χ3v) is 5.51. The van der Waals surface area contributed by atoms with Gasteiger partial charge < -0.3 is 14.9 Å². The fourth-order valence-corrected chi connectivity index (χ4v) is 4.76. The molecule has 0 saturated heterocycles. The molecule has 0 radical (unpaired) electrons. The third-order valence-electron chi connectivity index (χ3n) is 2.22. The van der Waals surface area contributed by atoms with E-state index in [9.17, 15) is 10.2 Å². The number of rotatable bonds is 2. The molecule has 0 aliphatic rings. The van der Waals surface area contributed by atoms with Gasteiger partial charge in [-0.15, -0.1) is 0 Å². The van der Waals surface area contributed by atoms with Gasteiger partial charge in [-0.3, -0.25) is 0 Å². The van der Waals surface area contributed by atoms with Gasteiger partial charge in [-0.1, -0.05) is 0 Å². The Morgan fingerprint density at radius 1 is 0.632 bits per heavy atom. The van der Waals surface area contributed by atoms with Crippen LogP contribution in [0.2, 0.25) is 0 Å². The zero-order valence-corrected chi connectivity index (χ0v) is 17.8. The largest absolute Gasteiger partial charge is 0.506 e. The molecule has 0 atom stereocenters. The molecule has 0 spiro atoms. The van der Waals surface area contributed by atoms with Crippen LogP contribution in [0.3, 0.4) is 0 Å². The summed E-state index contributed by atoms with van der Waals surface area (Å²) in [7, 11) is 0. The summed E-state index contributed by atoms with van der Waals surface area (Å²) in [6.45, 7) is 0. The van der Waals surface area contributed by atoms with Gasteiger partial charge in [0.05, 0.1) is 14.3 Å². The molecule has 0 bridgehead atoms. The van der Waals surface area contributed by atoms with Crippen LogP contribution in [0, 0.1) is 14.3 Å². The second kappa shape index (κ2) is 6.68. The maximum atomic E-state index is 9.72. The lowest BCUT2D eigenvalue weighted by atomic mass is 10.3. The maximum absolute atomic E-state index is 9.72. The molecule has 0 fully saturated rings. The minimum atomic E-state index is 0.267. The summed E-state index contributed by atoms with van der Waals surface area (Å²) in [5.74, 6) is 1.85. The van der Waals surface area contributed by atoms with Crippen LogP contribution in [0.25, 0.3) is 0 Å². The van der Waals surface area contributed by atoms with E-state index < -0.39 is 0 Å². The Morgan fingerprint density at radius 2 is 0.895 bits per heavy atom. The van der Waals surface area contributed by atoms with Gasteiger partial charge in [0.2, 0.25) is 0 Å². The van der Waals surface area contributed by atoms with Crippen molar-refractivity contribution in [3.05, 3.63) is 38.5 Å². The molecule has 0 unspecified atom stereocenters. The number of phenols is 2. The van der Waals surface area contributed by atoms with Crippen molar-refractivity contribution in [2.24, 2.45) is 0 Å². The Bertz CT molecular complexity index is 541. The van der Waals surface area contributed by atoms with Gasteiger partial charge in [-0.25, -0.2) is 0 Å². The summed E-state index contributed by atoms with van der Waals surface area (Å²) in [6.07, 6.45) is 0. The average molecular weight is 706 g/mol. The highest BCUT2D eigenvalue weighted by Gasteiger charge is 2.10. The molecule has 19 heavy (non-hydrogen) atoms. The van der Waals surface area contributed by atoms with E-state index in [-0.39, 0.29) is 11.5 Å². The monoisotopic (exact) mass is 706 g/mol. The number of ether oxygens (including phenoxy) is 1.